The Morgan fingerprint density at radius 3 is 2.63 bits per heavy atom. The monoisotopic (exact) mass is 377 g/mol. The molecule has 6 heteroatoms. The minimum absolute atomic E-state index is 0.132. The summed E-state index contributed by atoms with van der Waals surface area (Å²) in [6.45, 7) is 8.27. The van der Waals surface area contributed by atoms with E-state index in [1.165, 1.54) is 13.5 Å². The van der Waals surface area contributed by atoms with Gasteiger partial charge in [-0.3, -0.25) is 4.79 Å². The van der Waals surface area contributed by atoms with E-state index in [0.29, 0.717) is 35.5 Å². The van der Waals surface area contributed by atoms with Crippen LogP contribution in [-0.2, 0) is 9.53 Å². The quantitative estimate of drug-likeness (QED) is 0.735. The summed E-state index contributed by atoms with van der Waals surface area (Å²) in [6, 6.07) is 4.95. The summed E-state index contributed by atoms with van der Waals surface area (Å²) in [5.41, 5.74) is 0.318. The normalized spacial score (nSPS) is 23.2. The highest BCUT2D eigenvalue weighted by Gasteiger charge is 2.30. The molecule has 0 aromatic heterocycles. The minimum atomic E-state index is -0.862. The van der Waals surface area contributed by atoms with E-state index in [4.69, 9.17) is 14.2 Å². The zero-order chi connectivity index (χ0) is 20.0. The van der Waals surface area contributed by atoms with Crippen molar-refractivity contribution >= 4 is 11.9 Å². The van der Waals surface area contributed by atoms with Gasteiger partial charge in [0.2, 0.25) is 0 Å². The van der Waals surface area contributed by atoms with Crippen molar-refractivity contribution in [2.45, 2.75) is 59.1 Å². The summed E-state index contributed by atoms with van der Waals surface area (Å²) >= 11 is 0. The van der Waals surface area contributed by atoms with Crippen LogP contribution < -0.4 is 14.8 Å². The van der Waals surface area contributed by atoms with E-state index in [0.717, 1.165) is 12.8 Å². The van der Waals surface area contributed by atoms with Crippen molar-refractivity contribution in [1.29, 1.82) is 0 Å². The minimum Gasteiger partial charge on any atom is -0.493 e. The number of methoxy groups -OCH3 is 1. The van der Waals surface area contributed by atoms with Crippen LogP contribution in [-0.4, -0.2) is 37.7 Å². The van der Waals surface area contributed by atoms with E-state index in [2.05, 4.69) is 19.2 Å². The summed E-state index contributed by atoms with van der Waals surface area (Å²) in [5, 5.41) is 3.04. The van der Waals surface area contributed by atoms with Gasteiger partial charge in [0, 0.05) is 6.04 Å². The van der Waals surface area contributed by atoms with Crippen LogP contribution in [0.1, 0.15) is 57.3 Å². The van der Waals surface area contributed by atoms with Crippen molar-refractivity contribution in [3.8, 4) is 11.5 Å². The van der Waals surface area contributed by atoms with E-state index >= 15 is 0 Å². The molecule has 1 aliphatic carbocycles. The molecule has 0 aliphatic heterocycles. The molecule has 0 saturated heterocycles. The van der Waals surface area contributed by atoms with E-state index in [1.54, 1.807) is 25.1 Å². The summed E-state index contributed by atoms with van der Waals surface area (Å²) < 4.78 is 16.1. The Morgan fingerprint density at radius 1 is 1.22 bits per heavy atom. The zero-order valence-corrected chi connectivity index (χ0v) is 16.9. The molecule has 4 atom stereocenters. The lowest BCUT2D eigenvalue weighted by molar-refractivity contribution is -0.130. The molecule has 1 amide bonds. The molecule has 1 aliphatic rings. The number of carbonyl (C=O) groups is 2. The second kappa shape index (κ2) is 9.62. The van der Waals surface area contributed by atoms with Crippen molar-refractivity contribution in [2.24, 2.45) is 11.8 Å². The van der Waals surface area contributed by atoms with Crippen LogP contribution in [0.15, 0.2) is 18.2 Å². The Balaban J connectivity index is 1.98. The lowest BCUT2D eigenvalue weighted by Crippen LogP contribution is -2.47. The zero-order valence-electron chi connectivity index (χ0n) is 16.9. The molecule has 1 N–H and O–H groups in total. The largest absolute Gasteiger partial charge is 0.493 e. The average molecular weight is 377 g/mol. The molecular weight excluding hydrogens is 346 g/mol. The first-order valence-corrected chi connectivity index (χ1v) is 9.69. The van der Waals surface area contributed by atoms with E-state index in [1.807, 2.05) is 6.92 Å². The summed E-state index contributed by atoms with van der Waals surface area (Å²) in [7, 11) is 1.54. The average Bonchev–Trinajstić information content (AvgIpc) is 2.65. The second-order valence-corrected chi connectivity index (χ2v) is 7.23. The number of carbonyl (C=O) groups excluding carboxylic acids is 2. The number of nitrogens with one attached hydrogen (secondary N) is 1. The maximum absolute atomic E-state index is 12.5. The van der Waals surface area contributed by atoms with Crippen LogP contribution in [0, 0.1) is 11.8 Å². The maximum atomic E-state index is 12.5. The number of esters is 1. The third kappa shape index (κ3) is 5.37. The standard InChI is InChI=1S/C21H31NO5/c1-6-26-19-12-16(10-11-18(19)25-5)21(24)27-15(4)20(23)22-17-9-7-8-13(2)14(17)3/h10-15,17H,6-9H2,1-5H3,(H,22,23)/t13-,14-,15-,17-/m0/s1. The van der Waals surface area contributed by atoms with Gasteiger partial charge in [-0.25, -0.2) is 4.79 Å². The first kappa shape index (κ1) is 21.1. The van der Waals surface area contributed by atoms with Gasteiger partial charge in [0.05, 0.1) is 19.3 Å². The number of hydrogen-bond donors (Lipinski definition) is 1. The number of benzene rings is 1. The van der Waals surface area contributed by atoms with Crippen LogP contribution in [0.25, 0.3) is 0 Å². The number of rotatable bonds is 7. The maximum Gasteiger partial charge on any atom is 0.339 e. The smallest absolute Gasteiger partial charge is 0.339 e. The van der Waals surface area contributed by atoms with Gasteiger partial charge in [-0.15, -0.1) is 0 Å². The Morgan fingerprint density at radius 2 is 1.96 bits per heavy atom. The highest BCUT2D eigenvalue weighted by atomic mass is 16.5. The molecule has 2 rings (SSSR count). The molecule has 0 radical (unpaired) electrons. The number of amides is 1. The van der Waals surface area contributed by atoms with Crippen LogP contribution >= 0.6 is 0 Å². The van der Waals surface area contributed by atoms with Crippen molar-refractivity contribution in [3.05, 3.63) is 23.8 Å². The fourth-order valence-electron chi connectivity index (χ4n) is 3.44. The Hall–Kier alpha value is -2.24. The van der Waals surface area contributed by atoms with Gasteiger partial charge in [-0.1, -0.05) is 26.7 Å². The molecule has 0 heterocycles. The van der Waals surface area contributed by atoms with Crippen molar-refractivity contribution in [1.82, 2.24) is 5.32 Å². The van der Waals surface area contributed by atoms with Crippen molar-refractivity contribution in [2.75, 3.05) is 13.7 Å². The predicted octanol–water partition coefficient (Wildman–Crippen LogP) is 3.58. The lowest BCUT2D eigenvalue weighted by atomic mass is 9.78. The molecule has 6 nitrogen and oxygen atoms in total. The van der Waals surface area contributed by atoms with Crippen molar-refractivity contribution < 1.29 is 23.8 Å². The van der Waals surface area contributed by atoms with E-state index in [9.17, 15) is 9.59 Å². The molecular formula is C21H31NO5. The Bertz CT molecular complexity index is 660. The predicted molar refractivity (Wildman–Crippen MR) is 103 cm³/mol. The van der Waals surface area contributed by atoms with Gasteiger partial charge >= 0.3 is 5.97 Å². The molecule has 150 valence electrons. The molecule has 0 bridgehead atoms. The van der Waals surface area contributed by atoms with Gasteiger partial charge in [0.15, 0.2) is 17.6 Å². The fraction of sp³-hybridized carbons (Fsp3) is 0.619. The van der Waals surface area contributed by atoms with Gasteiger partial charge in [0.1, 0.15) is 0 Å². The van der Waals surface area contributed by atoms with Crippen molar-refractivity contribution in [3.63, 3.8) is 0 Å². The van der Waals surface area contributed by atoms with Crippen LogP contribution in [0.2, 0.25) is 0 Å². The molecule has 1 aromatic carbocycles. The summed E-state index contributed by atoms with van der Waals surface area (Å²) in [4.78, 5) is 24.9. The van der Waals surface area contributed by atoms with Gasteiger partial charge in [0.25, 0.3) is 5.91 Å². The first-order chi connectivity index (χ1) is 12.9. The van der Waals surface area contributed by atoms with E-state index < -0.39 is 12.1 Å². The van der Waals surface area contributed by atoms with E-state index in [-0.39, 0.29) is 11.9 Å². The molecule has 1 fully saturated rings. The highest BCUT2D eigenvalue weighted by Crippen LogP contribution is 2.30. The number of ether oxygens (including phenoxy) is 3. The van der Waals surface area contributed by atoms with Crippen LogP contribution in [0.5, 0.6) is 11.5 Å². The number of hydrogen-bond acceptors (Lipinski definition) is 5. The lowest BCUT2D eigenvalue weighted by Gasteiger charge is -2.35. The van der Waals surface area contributed by atoms with Gasteiger partial charge in [-0.2, -0.15) is 0 Å². The first-order valence-electron chi connectivity index (χ1n) is 9.69. The van der Waals surface area contributed by atoms with Gasteiger partial charge in [-0.05, 0) is 50.3 Å². The third-order valence-corrected chi connectivity index (χ3v) is 5.39. The molecule has 1 saturated carbocycles. The fourth-order valence-corrected chi connectivity index (χ4v) is 3.44. The van der Waals surface area contributed by atoms with Crippen LogP contribution in [0.4, 0.5) is 0 Å². The highest BCUT2D eigenvalue weighted by molar-refractivity contribution is 5.92. The third-order valence-electron chi connectivity index (χ3n) is 5.39. The molecule has 1 aromatic rings. The SMILES string of the molecule is CCOc1cc(C(=O)O[C@@H](C)C(=O)N[C@H]2CCC[C@H](C)[C@@H]2C)ccc1OC. The molecule has 27 heavy (non-hydrogen) atoms. The van der Waals surface area contributed by atoms with Gasteiger partial charge < -0.3 is 19.5 Å². The summed E-state index contributed by atoms with van der Waals surface area (Å²) in [5.74, 6) is 1.19. The second-order valence-electron chi connectivity index (χ2n) is 7.23. The van der Waals surface area contributed by atoms with Crippen LogP contribution in [0.3, 0.4) is 0 Å². The molecule has 0 unspecified atom stereocenters. The molecule has 0 spiro atoms. The Kier molecular flexibility index (Phi) is 7.51. The topological polar surface area (TPSA) is 73.9 Å². The Labute approximate surface area is 161 Å². The summed E-state index contributed by atoms with van der Waals surface area (Å²) in [6.07, 6.45) is 2.40.